The fraction of sp³-hybridized carbons (Fsp3) is 0.615. The topological polar surface area (TPSA) is 54.3 Å². The van der Waals surface area contributed by atoms with Crippen molar-refractivity contribution in [2.24, 2.45) is 13.0 Å². The van der Waals surface area contributed by atoms with Gasteiger partial charge in [-0.25, -0.2) is 0 Å². The van der Waals surface area contributed by atoms with Gasteiger partial charge in [0, 0.05) is 31.9 Å². The van der Waals surface area contributed by atoms with Gasteiger partial charge < -0.3 is 15.0 Å². The third-order valence-corrected chi connectivity index (χ3v) is 3.49. The molecule has 0 amide bonds. The normalized spacial score (nSPS) is 25.5. The lowest BCUT2D eigenvalue weighted by Crippen LogP contribution is -2.28. The first-order valence-electron chi connectivity index (χ1n) is 6.24. The van der Waals surface area contributed by atoms with Gasteiger partial charge in [-0.1, -0.05) is 6.42 Å². The second-order valence-corrected chi connectivity index (χ2v) is 4.90. The number of aromatic nitrogens is 1. The summed E-state index contributed by atoms with van der Waals surface area (Å²) < 4.78 is 2.01. The summed E-state index contributed by atoms with van der Waals surface area (Å²) >= 11 is 0. The van der Waals surface area contributed by atoms with Crippen LogP contribution in [-0.4, -0.2) is 22.2 Å². The van der Waals surface area contributed by atoms with Gasteiger partial charge in [0.15, 0.2) is 0 Å². The number of hydrogen-bond donors (Lipinski definition) is 2. The van der Waals surface area contributed by atoms with E-state index >= 15 is 0 Å². The van der Waals surface area contributed by atoms with Gasteiger partial charge in [0.2, 0.25) is 0 Å². The van der Waals surface area contributed by atoms with E-state index in [9.17, 15) is 4.79 Å². The van der Waals surface area contributed by atoms with Crippen molar-refractivity contribution in [2.45, 2.75) is 31.7 Å². The zero-order chi connectivity index (χ0) is 12.3. The number of aliphatic carboxylic acids is 1. The minimum absolute atomic E-state index is 0.190. The van der Waals surface area contributed by atoms with Crippen LogP contribution in [0.25, 0.3) is 0 Å². The maximum absolute atomic E-state index is 10.9. The van der Waals surface area contributed by atoms with Crippen LogP contribution >= 0.6 is 0 Å². The number of carbonyl (C=O) groups is 1. The number of rotatable bonds is 3. The molecule has 0 spiro atoms. The molecule has 1 aliphatic heterocycles. The summed E-state index contributed by atoms with van der Waals surface area (Å²) in [5.41, 5.74) is 1.21. The van der Waals surface area contributed by atoms with Crippen LogP contribution in [0, 0.1) is 5.92 Å². The highest BCUT2D eigenvalue weighted by atomic mass is 16.4. The van der Waals surface area contributed by atoms with Crippen molar-refractivity contribution in [3.63, 3.8) is 0 Å². The Labute approximate surface area is 102 Å². The van der Waals surface area contributed by atoms with Gasteiger partial charge in [0.25, 0.3) is 0 Å². The molecule has 94 valence electrons. The number of carboxylic acids is 1. The minimum atomic E-state index is -0.695. The number of hydrogen-bond acceptors (Lipinski definition) is 2. The van der Waals surface area contributed by atoms with Crippen LogP contribution in [0.3, 0.4) is 0 Å². The molecule has 1 aliphatic rings. The van der Waals surface area contributed by atoms with E-state index in [4.69, 9.17) is 5.11 Å². The summed E-state index contributed by atoms with van der Waals surface area (Å²) in [5.74, 6) is -0.489. The van der Waals surface area contributed by atoms with Crippen molar-refractivity contribution in [2.75, 3.05) is 6.54 Å². The quantitative estimate of drug-likeness (QED) is 0.843. The maximum atomic E-state index is 10.9. The minimum Gasteiger partial charge on any atom is -0.481 e. The fourth-order valence-electron chi connectivity index (χ4n) is 2.67. The predicted molar refractivity (Wildman–Crippen MR) is 65.8 cm³/mol. The Balaban J connectivity index is 2.16. The van der Waals surface area contributed by atoms with Crippen molar-refractivity contribution in [1.29, 1.82) is 0 Å². The molecule has 0 aromatic carbocycles. The van der Waals surface area contributed by atoms with Gasteiger partial charge in [-0.3, -0.25) is 4.79 Å². The van der Waals surface area contributed by atoms with E-state index in [0.29, 0.717) is 0 Å². The van der Waals surface area contributed by atoms with E-state index in [0.717, 1.165) is 25.8 Å². The number of nitrogens with one attached hydrogen (secondary N) is 1. The molecular formula is C13H20N2O2. The SMILES string of the molecule is Cn1ccc([C@H]2NCCCC[C@@H]2CC(=O)O)c1. The van der Waals surface area contributed by atoms with Gasteiger partial charge in [-0.05, 0) is 36.9 Å². The molecule has 2 atom stereocenters. The van der Waals surface area contributed by atoms with Crippen molar-refractivity contribution in [3.8, 4) is 0 Å². The maximum Gasteiger partial charge on any atom is 0.303 e. The number of nitrogens with zero attached hydrogens (tertiary/aromatic N) is 1. The first-order valence-corrected chi connectivity index (χ1v) is 6.24. The monoisotopic (exact) mass is 236 g/mol. The highest BCUT2D eigenvalue weighted by Gasteiger charge is 2.27. The lowest BCUT2D eigenvalue weighted by molar-refractivity contribution is -0.138. The highest BCUT2D eigenvalue weighted by Crippen LogP contribution is 2.31. The second kappa shape index (κ2) is 5.36. The average Bonchev–Trinajstić information content (AvgIpc) is 2.56. The van der Waals surface area contributed by atoms with Crippen LogP contribution in [0.4, 0.5) is 0 Å². The van der Waals surface area contributed by atoms with Crippen LogP contribution in [-0.2, 0) is 11.8 Å². The van der Waals surface area contributed by atoms with E-state index in [1.165, 1.54) is 5.56 Å². The van der Waals surface area contributed by atoms with E-state index < -0.39 is 5.97 Å². The van der Waals surface area contributed by atoms with E-state index in [1.54, 1.807) is 0 Å². The van der Waals surface area contributed by atoms with Crippen LogP contribution in [0.15, 0.2) is 18.5 Å². The van der Waals surface area contributed by atoms with Gasteiger partial charge in [0.05, 0.1) is 0 Å². The molecule has 1 fully saturated rings. The highest BCUT2D eigenvalue weighted by molar-refractivity contribution is 5.67. The van der Waals surface area contributed by atoms with Crippen LogP contribution < -0.4 is 5.32 Å². The summed E-state index contributed by atoms with van der Waals surface area (Å²) in [4.78, 5) is 10.9. The summed E-state index contributed by atoms with van der Waals surface area (Å²) in [5, 5.41) is 12.5. The van der Waals surface area contributed by atoms with Crippen molar-refractivity contribution >= 4 is 5.97 Å². The third-order valence-electron chi connectivity index (χ3n) is 3.49. The van der Waals surface area contributed by atoms with Gasteiger partial charge in [-0.15, -0.1) is 0 Å². The number of aryl methyl sites for hydroxylation is 1. The van der Waals surface area contributed by atoms with Crippen molar-refractivity contribution in [1.82, 2.24) is 9.88 Å². The lowest BCUT2D eigenvalue weighted by atomic mass is 9.89. The molecule has 0 radical (unpaired) electrons. The van der Waals surface area contributed by atoms with Crippen molar-refractivity contribution in [3.05, 3.63) is 24.0 Å². The van der Waals surface area contributed by atoms with E-state index in [2.05, 4.69) is 17.6 Å². The second-order valence-electron chi connectivity index (χ2n) is 4.90. The molecule has 2 rings (SSSR count). The summed E-state index contributed by atoms with van der Waals surface area (Å²) in [6.45, 7) is 0.982. The summed E-state index contributed by atoms with van der Waals surface area (Å²) in [7, 11) is 1.99. The Morgan fingerprint density at radius 2 is 2.41 bits per heavy atom. The molecule has 4 nitrogen and oxygen atoms in total. The third kappa shape index (κ3) is 3.09. The van der Waals surface area contributed by atoms with E-state index in [-0.39, 0.29) is 18.4 Å². The molecule has 1 aromatic rings. The first kappa shape index (κ1) is 12.2. The summed E-state index contributed by atoms with van der Waals surface area (Å²) in [6.07, 6.45) is 7.61. The molecule has 2 N–H and O–H groups in total. The molecule has 0 aliphatic carbocycles. The molecule has 4 heteroatoms. The van der Waals surface area contributed by atoms with Gasteiger partial charge in [-0.2, -0.15) is 0 Å². The molecule has 2 heterocycles. The number of carboxylic acid groups (broad SMARTS) is 1. The standard InChI is InChI=1S/C13H20N2O2/c1-15-7-5-11(9-15)13-10(8-12(16)17)4-2-3-6-14-13/h5,7,9-10,13-14H,2-4,6,8H2,1H3,(H,16,17)/t10-,13+/m1/s1. The van der Waals surface area contributed by atoms with Crippen LogP contribution in [0.5, 0.6) is 0 Å². The Morgan fingerprint density at radius 1 is 1.59 bits per heavy atom. The van der Waals surface area contributed by atoms with Crippen LogP contribution in [0.2, 0.25) is 0 Å². The molecule has 17 heavy (non-hydrogen) atoms. The Hall–Kier alpha value is -1.29. The fourth-order valence-corrected chi connectivity index (χ4v) is 2.67. The van der Waals surface area contributed by atoms with Crippen LogP contribution in [0.1, 0.15) is 37.3 Å². The Kier molecular flexibility index (Phi) is 3.84. The average molecular weight is 236 g/mol. The largest absolute Gasteiger partial charge is 0.481 e. The molecule has 1 aromatic heterocycles. The zero-order valence-corrected chi connectivity index (χ0v) is 10.2. The Morgan fingerprint density at radius 3 is 3.06 bits per heavy atom. The van der Waals surface area contributed by atoms with Gasteiger partial charge in [0.1, 0.15) is 0 Å². The smallest absolute Gasteiger partial charge is 0.303 e. The predicted octanol–water partition coefficient (Wildman–Crippen LogP) is 1.93. The Bertz CT molecular complexity index is 387. The van der Waals surface area contributed by atoms with Crippen molar-refractivity contribution < 1.29 is 9.90 Å². The lowest BCUT2D eigenvalue weighted by Gasteiger charge is -2.23. The summed E-state index contributed by atoms with van der Waals surface area (Å²) in [6, 6.07) is 2.27. The molecule has 0 unspecified atom stereocenters. The van der Waals surface area contributed by atoms with E-state index in [1.807, 2.05) is 17.8 Å². The zero-order valence-electron chi connectivity index (χ0n) is 10.2. The van der Waals surface area contributed by atoms with Gasteiger partial charge >= 0.3 is 5.97 Å². The molecular weight excluding hydrogens is 216 g/mol. The molecule has 0 saturated carbocycles. The first-order chi connectivity index (χ1) is 8.16. The molecule has 1 saturated heterocycles. The molecule has 0 bridgehead atoms.